The number of hydrogen-bond donors (Lipinski definition) is 1. The van der Waals surface area contributed by atoms with E-state index >= 15 is 0 Å². The van der Waals surface area contributed by atoms with Gasteiger partial charge in [0.1, 0.15) is 5.75 Å². The van der Waals surface area contributed by atoms with E-state index in [1.54, 1.807) is 7.11 Å². The molecule has 1 fully saturated rings. The van der Waals surface area contributed by atoms with Crippen LogP contribution in [0.15, 0.2) is 12.1 Å². The second kappa shape index (κ2) is 7.37. The third kappa shape index (κ3) is 3.50. The van der Waals surface area contributed by atoms with Crippen LogP contribution >= 0.6 is 11.8 Å². The van der Waals surface area contributed by atoms with E-state index in [0.29, 0.717) is 11.3 Å². The minimum absolute atomic E-state index is 0.468. The molecule has 0 amide bonds. The molecule has 1 heterocycles. The lowest BCUT2D eigenvalue weighted by atomic mass is 9.93. The average molecular weight is 293 g/mol. The number of nitrogens with one attached hydrogen (secondary N) is 1. The molecular weight excluding hydrogens is 266 g/mol. The van der Waals surface area contributed by atoms with Crippen LogP contribution in [0.2, 0.25) is 0 Å². The largest absolute Gasteiger partial charge is 0.496 e. The minimum atomic E-state index is 0.468. The van der Waals surface area contributed by atoms with Gasteiger partial charge < -0.3 is 10.1 Å². The Labute approximate surface area is 127 Å². The normalized spacial score (nSPS) is 20.7. The Bertz CT molecular complexity index is 441. The standard InChI is InChI=1S/C17H27NOS/c1-5-18-17(16-8-6-7-9-20-16)14-10-13(3)15(19-4)11-12(14)2/h10-11,16-18H,5-9H2,1-4H3. The molecule has 2 nitrogen and oxygen atoms in total. The number of aryl methyl sites for hydroxylation is 2. The van der Waals surface area contributed by atoms with Crippen molar-refractivity contribution in [3.63, 3.8) is 0 Å². The number of thioether (sulfide) groups is 1. The maximum atomic E-state index is 5.44. The highest BCUT2D eigenvalue weighted by molar-refractivity contribution is 8.00. The molecule has 1 N–H and O–H groups in total. The molecule has 0 spiro atoms. The second-order valence-electron chi connectivity index (χ2n) is 5.62. The molecule has 0 aliphatic carbocycles. The van der Waals surface area contributed by atoms with E-state index in [-0.39, 0.29) is 0 Å². The molecule has 0 radical (unpaired) electrons. The first kappa shape index (κ1) is 15.7. The van der Waals surface area contributed by atoms with Crippen molar-refractivity contribution in [2.24, 2.45) is 0 Å². The van der Waals surface area contributed by atoms with Crippen molar-refractivity contribution < 1.29 is 4.74 Å². The lowest BCUT2D eigenvalue weighted by Gasteiger charge is -2.32. The SMILES string of the molecule is CCNC(c1cc(C)c(OC)cc1C)C1CCCCS1. The van der Waals surface area contributed by atoms with Crippen molar-refractivity contribution in [2.75, 3.05) is 19.4 Å². The molecule has 20 heavy (non-hydrogen) atoms. The van der Waals surface area contributed by atoms with Crippen LogP contribution in [0.4, 0.5) is 0 Å². The summed E-state index contributed by atoms with van der Waals surface area (Å²) in [5, 5.41) is 4.42. The van der Waals surface area contributed by atoms with Gasteiger partial charge in [-0.05, 0) is 61.7 Å². The summed E-state index contributed by atoms with van der Waals surface area (Å²) in [7, 11) is 1.75. The predicted octanol–water partition coefficient (Wildman–Crippen LogP) is 4.25. The number of hydrogen-bond acceptors (Lipinski definition) is 3. The molecule has 0 aromatic heterocycles. The zero-order valence-electron chi connectivity index (χ0n) is 13.2. The first-order valence-corrected chi connectivity index (χ1v) is 8.72. The van der Waals surface area contributed by atoms with E-state index in [1.165, 1.54) is 41.7 Å². The summed E-state index contributed by atoms with van der Waals surface area (Å²) in [6, 6.07) is 4.97. The Kier molecular flexibility index (Phi) is 5.79. The molecule has 2 rings (SSSR count). The number of methoxy groups -OCH3 is 1. The van der Waals surface area contributed by atoms with Crippen molar-refractivity contribution in [1.82, 2.24) is 5.32 Å². The maximum absolute atomic E-state index is 5.44. The van der Waals surface area contributed by atoms with Crippen molar-refractivity contribution in [3.8, 4) is 5.75 Å². The zero-order chi connectivity index (χ0) is 14.5. The fraction of sp³-hybridized carbons (Fsp3) is 0.647. The number of benzene rings is 1. The van der Waals surface area contributed by atoms with E-state index < -0.39 is 0 Å². The van der Waals surface area contributed by atoms with Crippen LogP contribution in [0.25, 0.3) is 0 Å². The molecule has 1 aromatic rings. The molecule has 2 unspecified atom stereocenters. The van der Waals surface area contributed by atoms with Gasteiger partial charge in [0.15, 0.2) is 0 Å². The third-order valence-electron chi connectivity index (χ3n) is 4.13. The van der Waals surface area contributed by atoms with E-state index in [4.69, 9.17) is 4.74 Å². The maximum Gasteiger partial charge on any atom is 0.122 e. The number of ether oxygens (including phenoxy) is 1. The van der Waals surface area contributed by atoms with E-state index in [0.717, 1.165) is 12.3 Å². The van der Waals surface area contributed by atoms with Crippen LogP contribution in [0, 0.1) is 13.8 Å². The molecule has 1 aliphatic rings. The van der Waals surface area contributed by atoms with Crippen LogP contribution < -0.4 is 10.1 Å². The van der Waals surface area contributed by atoms with Crippen LogP contribution in [-0.2, 0) is 0 Å². The summed E-state index contributed by atoms with van der Waals surface area (Å²) in [6.45, 7) is 7.56. The van der Waals surface area contributed by atoms with Gasteiger partial charge in [-0.25, -0.2) is 0 Å². The highest BCUT2D eigenvalue weighted by atomic mass is 32.2. The highest BCUT2D eigenvalue weighted by Gasteiger charge is 2.26. The van der Waals surface area contributed by atoms with Gasteiger partial charge >= 0.3 is 0 Å². The molecular formula is C17H27NOS. The van der Waals surface area contributed by atoms with Gasteiger partial charge in [-0.3, -0.25) is 0 Å². The lowest BCUT2D eigenvalue weighted by Crippen LogP contribution is -2.32. The van der Waals surface area contributed by atoms with E-state index in [9.17, 15) is 0 Å². The minimum Gasteiger partial charge on any atom is -0.496 e. The number of rotatable bonds is 5. The van der Waals surface area contributed by atoms with Crippen LogP contribution in [-0.4, -0.2) is 24.7 Å². The van der Waals surface area contributed by atoms with Crippen molar-refractivity contribution >= 4 is 11.8 Å². The quantitative estimate of drug-likeness (QED) is 0.877. The van der Waals surface area contributed by atoms with Crippen molar-refractivity contribution in [3.05, 3.63) is 28.8 Å². The molecule has 1 aliphatic heterocycles. The van der Waals surface area contributed by atoms with Crippen LogP contribution in [0.1, 0.15) is 48.9 Å². The summed E-state index contributed by atoms with van der Waals surface area (Å²) in [5.74, 6) is 2.30. The first-order valence-electron chi connectivity index (χ1n) is 7.67. The zero-order valence-corrected chi connectivity index (χ0v) is 14.0. The Morgan fingerprint density at radius 2 is 2.10 bits per heavy atom. The van der Waals surface area contributed by atoms with Gasteiger partial charge in [0.2, 0.25) is 0 Å². The lowest BCUT2D eigenvalue weighted by molar-refractivity contribution is 0.410. The Morgan fingerprint density at radius 1 is 1.30 bits per heavy atom. The van der Waals surface area contributed by atoms with Gasteiger partial charge in [-0.1, -0.05) is 19.4 Å². The molecule has 0 saturated carbocycles. The summed E-state index contributed by atoms with van der Waals surface area (Å²) >= 11 is 2.14. The Morgan fingerprint density at radius 3 is 2.70 bits per heavy atom. The smallest absolute Gasteiger partial charge is 0.122 e. The molecule has 112 valence electrons. The highest BCUT2D eigenvalue weighted by Crippen LogP contribution is 2.37. The van der Waals surface area contributed by atoms with Gasteiger partial charge in [-0.15, -0.1) is 0 Å². The second-order valence-corrected chi connectivity index (χ2v) is 6.97. The molecule has 0 bridgehead atoms. The van der Waals surface area contributed by atoms with Gasteiger partial charge in [0, 0.05) is 11.3 Å². The van der Waals surface area contributed by atoms with E-state index in [1.807, 2.05) is 0 Å². The van der Waals surface area contributed by atoms with Crippen LogP contribution in [0.5, 0.6) is 5.75 Å². The van der Waals surface area contributed by atoms with Gasteiger partial charge in [-0.2, -0.15) is 11.8 Å². The van der Waals surface area contributed by atoms with Gasteiger partial charge in [0.05, 0.1) is 7.11 Å². The summed E-state index contributed by atoms with van der Waals surface area (Å²) in [6.07, 6.45) is 4.07. The topological polar surface area (TPSA) is 21.3 Å². The van der Waals surface area contributed by atoms with Crippen molar-refractivity contribution in [1.29, 1.82) is 0 Å². The summed E-state index contributed by atoms with van der Waals surface area (Å²) < 4.78 is 5.44. The predicted molar refractivity (Wildman–Crippen MR) is 89.0 cm³/mol. The summed E-state index contributed by atoms with van der Waals surface area (Å²) in [5.41, 5.74) is 4.02. The van der Waals surface area contributed by atoms with E-state index in [2.05, 4.69) is 50.0 Å². The Hall–Kier alpha value is -0.670. The molecule has 3 heteroatoms. The monoisotopic (exact) mass is 293 g/mol. The van der Waals surface area contributed by atoms with Crippen molar-refractivity contribution in [2.45, 2.75) is 51.3 Å². The fourth-order valence-corrected chi connectivity index (χ4v) is 4.50. The third-order valence-corrected chi connectivity index (χ3v) is 5.59. The van der Waals surface area contributed by atoms with Crippen LogP contribution in [0.3, 0.4) is 0 Å². The van der Waals surface area contributed by atoms with Gasteiger partial charge in [0.25, 0.3) is 0 Å². The average Bonchev–Trinajstić information content (AvgIpc) is 2.48. The Balaban J connectivity index is 2.30. The fourth-order valence-electron chi connectivity index (χ4n) is 3.06. The first-order chi connectivity index (χ1) is 9.67. The molecule has 1 aromatic carbocycles. The summed E-state index contributed by atoms with van der Waals surface area (Å²) in [4.78, 5) is 0. The molecule has 1 saturated heterocycles. The molecule has 2 atom stereocenters.